The van der Waals surface area contributed by atoms with Gasteiger partial charge in [0.05, 0.1) is 0 Å². The summed E-state index contributed by atoms with van der Waals surface area (Å²) in [5.41, 5.74) is 1.38. The number of rotatable bonds is 1. The fourth-order valence-corrected chi connectivity index (χ4v) is 0.842. The molecule has 0 radical (unpaired) electrons. The summed E-state index contributed by atoms with van der Waals surface area (Å²) in [6, 6.07) is 0. The lowest BCUT2D eigenvalue weighted by atomic mass is 10.1. The largest absolute Gasteiger partial charge is 0.0623 e. The minimum atomic E-state index is 1.11. The van der Waals surface area contributed by atoms with Gasteiger partial charge in [-0.1, -0.05) is 49.5 Å². The van der Waals surface area contributed by atoms with Crippen LogP contribution in [0.15, 0.2) is 48.1 Å². The predicted octanol–water partition coefficient (Wildman–Crippen LogP) is 3.01. The molecule has 0 aromatic heterocycles. The van der Waals surface area contributed by atoms with E-state index < -0.39 is 0 Å². The zero-order chi connectivity index (χ0) is 7.23. The first-order valence-electron chi connectivity index (χ1n) is 3.64. The van der Waals surface area contributed by atoms with Gasteiger partial charge in [0.25, 0.3) is 0 Å². The van der Waals surface area contributed by atoms with Crippen LogP contribution in [0.1, 0.15) is 13.3 Å². The molecule has 0 aliphatic heterocycles. The van der Waals surface area contributed by atoms with Gasteiger partial charge in [0, 0.05) is 0 Å². The van der Waals surface area contributed by atoms with Gasteiger partial charge in [0.15, 0.2) is 0 Å². The van der Waals surface area contributed by atoms with Crippen LogP contribution in [-0.2, 0) is 0 Å². The maximum atomic E-state index is 2.16. The van der Waals surface area contributed by atoms with E-state index >= 15 is 0 Å². The lowest BCUT2D eigenvalue weighted by Gasteiger charge is -1.93. The molecule has 0 nitrogen and oxygen atoms in total. The number of allylic oxidation sites excluding steroid dienone is 8. The Labute approximate surface area is 62.3 Å². The summed E-state index contributed by atoms with van der Waals surface area (Å²) in [5.74, 6) is 0. The van der Waals surface area contributed by atoms with E-state index in [1.54, 1.807) is 0 Å². The molecule has 10 heavy (non-hydrogen) atoms. The highest BCUT2D eigenvalue weighted by molar-refractivity contribution is 5.30. The molecule has 52 valence electrons. The molecule has 1 aliphatic carbocycles. The molecule has 0 fully saturated rings. The zero-order valence-electron chi connectivity index (χ0n) is 6.25. The topological polar surface area (TPSA) is 0 Å². The Kier molecular flexibility index (Phi) is 2.75. The molecular formula is C10H12. The van der Waals surface area contributed by atoms with Gasteiger partial charge in [0.2, 0.25) is 0 Å². The average Bonchev–Trinajstić information content (AvgIpc) is 1.87. The Morgan fingerprint density at radius 2 is 1.70 bits per heavy atom. The van der Waals surface area contributed by atoms with Crippen LogP contribution in [0.2, 0.25) is 0 Å². The van der Waals surface area contributed by atoms with Crippen molar-refractivity contribution in [3.63, 3.8) is 0 Å². The highest BCUT2D eigenvalue weighted by Crippen LogP contribution is 2.04. The predicted molar refractivity (Wildman–Crippen MR) is 45.8 cm³/mol. The van der Waals surface area contributed by atoms with Crippen LogP contribution >= 0.6 is 0 Å². The third-order valence-corrected chi connectivity index (χ3v) is 1.47. The highest BCUT2D eigenvalue weighted by atomic mass is 13.9. The van der Waals surface area contributed by atoms with Crippen molar-refractivity contribution >= 4 is 0 Å². The van der Waals surface area contributed by atoms with Crippen LogP contribution in [0.4, 0.5) is 0 Å². The van der Waals surface area contributed by atoms with Crippen molar-refractivity contribution in [3.8, 4) is 0 Å². The molecule has 0 saturated carbocycles. The quantitative estimate of drug-likeness (QED) is 0.514. The van der Waals surface area contributed by atoms with Crippen LogP contribution in [0.3, 0.4) is 0 Å². The first-order valence-corrected chi connectivity index (χ1v) is 3.64. The molecule has 0 bridgehead atoms. The lowest BCUT2D eigenvalue weighted by molar-refractivity contribution is 1.15. The second kappa shape index (κ2) is 3.89. The van der Waals surface area contributed by atoms with Gasteiger partial charge in [-0.25, -0.2) is 0 Å². The third kappa shape index (κ3) is 2.06. The van der Waals surface area contributed by atoms with Gasteiger partial charge >= 0.3 is 0 Å². The van der Waals surface area contributed by atoms with Crippen molar-refractivity contribution in [2.75, 3.05) is 0 Å². The van der Waals surface area contributed by atoms with Gasteiger partial charge < -0.3 is 0 Å². The molecule has 0 heterocycles. The van der Waals surface area contributed by atoms with Crippen LogP contribution in [0, 0.1) is 0 Å². The Morgan fingerprint density at radius 1 is 1.00 bits per heavy atom. The molecule has 0 aromatic carbocycles. The Morgan fingerprint density at radius 3 is 2.50 bits per heavy atom. The van der Waals surface area contributed by atoms with Gasteiger partial charge in [-0.2, -0.15) is 0 Å². The molecule has 0 amide bonds. The van der Waals surface area contributed by atoms with Crippen LogP contribution in [-0.4, -0.2) is 0 Å². The van der Waals surface area contributed by atoms with Gasteiger partial charge in [-0.3, -0.25) is 0 Å². The van der Waals surface area contributed by atoms with Gasteiger partial charge in [-0.05, 0) is 12.0 Å². The normalized spacial score (nSPS) is 16.3. The highest BCUT2D eigenvalue weighted by Gasteiger charge is 1.83. The van der Waals surface area contributed by atoms with Crippen molar-refractivity contribution in [1.82, 2.24) is 0 Å². The van der Waals surface area contributed by atoms with E-state index in [1.807, 2.05) is 18.2 Å². The van der Waals surface area contributed by atoms with Crippen LogP contribution in [0.5, 0.6) is 0 Å². The SMILES string of the molecule is CCC1=CC=CC=CC=C1. The minimum Gasteiger partial charge on any atom is -0.0623 e. The maximum absolute atomic E-state index is 2.16. The average molecular weight is 132 g/mol. The zero-order valence-corrected chi connectivity index (χ0v) is 6.25. The smallest absolute Gasteiger partial charge is 0.0307 e. The van der Waals surface area contributed by atoms with Crippen molar-refractivity contribution in [1.29, 1.82) is 0 Å². The molecular weight excluding hydrogens is 120 g/mol. The van der Waals surface area contributed by atoms with E-state index in [2.05, 4.69) is 31.2 Å². The summed E-state index contributed by atoms with van der Waals surface area (Å²) in [6.45, 7) is 2.16. The summed E-state index contributed by atoms with van der Waals surface area (Å²) in [7, 11) is 0. The Hall–Kier alpha value is -1.04. The second-order valence-electron chi connectivity index (χ2n) is 2.22. The molecule has 0 aromatic rings. The van der Waals surface area contributed by atoms with E-state index in [1.165, 1.54) is 5.57 Å². The number of hydrogen-bond donors (Lipinski definition) is 0. The maximum Gasteiger partial charge on any atom is -0.0307 e. The van der Waals surface area contributed by atoms with Crippen LogP contribution in [0.25, 0.3) is 0 Å². The summed E-state index contributed by atoms with van der Waals surface area (Å²) >= 11 is 0. The van der Waals surface area contributed by atoms with Crippen molar-refractivity contribution < 1.29 is 0 Å². The first-order chi connectivity index (χ1) is 4.93. The molecule has 1 aliphatic rings. The molecule has 0 heteroatoms. The van der Waals surface area contributed by atoms with E-state index in [-0.39, 0.29) is 0 Å². The standard InChI is InChI=1S/C10H12/c1-2-10-8-6-4-3-5-7-9-10/h3-9H,2H2,1H3. The summed E-state index contributed by atoms with van der Waals surface area (Å²) < 4.78 is 0. The molecule has 1 rings (SSSR count). The van der Waals surface area contributed by atoms with E-state index in [0.29, 0.717) is 0 Å². The Bertz CT molecular complexity index is 202. The van der Waals surface area contributed by atoms with E-state index in [4.69, 9.17) is 0 Å². The third-order valence-electron chi connectivity index (χ3n) is 1.47. The first kappa shape index (κ1) is 7.07. The van der Waals surface area contributed by atoms with Crippen molar-refractivity contribution in [2.24, 2.45) is 0 Å². The second-order valence-corrected chi connectivity index (χ2v) is 2.22. The summed E-state index contributed by atoms with van der Waals surface area (Å²) in [6.07, 6.45) is 15.6. The molecule has 0 spiro atoms. The van der Waals surface area contributed by atoms with Crippen molar-refractivity contribution in [2.45, 2.75) is 13.3 Å². The summed E-state index contributed by atoms with van der Waals surface area (Å²) in [5, 5.41) is 0. The van der Waals surface area contributed by atoms with Gasteiger partial charge in [-0.15, -0.1) is 0 Å². The molecule has 0 unspecified atom stereocenters. The molecule has 0 saturated heterocycles. The lowest BCUT2D eigenvalue weighted by Crippen LogP contribution is -1.73. The monoisotopic (exact) mass is 132 g/mol. The fraction of sp³-hybridized carbons (Fsp3) is 0.200. The minimum absolute atomic E-state index is 1.11. The van der Waals surface area contributed by atoms with E-state index in [0.717, 1.165) is 6.42 Å². The fourth-order valence-electron chi connectivity index (χ4n) is 0.842. The van der Waals surface area contributed by atoms with Crippen molar-refractivity contribution in [3.05, 3.63) is 48.1 Å². The number of hydrogen-bond acceptors (Lipinski definition) is 0. The Balaban J connectivity index is 2.73. The van der Waals surface area contributed by atoms with E-state index in [9.17, 15) is 0 Å². The van der Waals surface area contributed by atoms with Gasteiger partial charge in [0.1, 0.15) is 0 Å². The summed E-state index contributed by atoms with van der Waals surface area (Å²) in [4.78, 5) is 0. The molecule has 0 atom stereocenters. The molecule has 0 N–H and O–H groups in total. The van der Waals surface area contributed by atoms with Crippen LogP contribution < -0.4 is 0 Å².